The third kappa shape index (κ3) is 2.40. The molecular formula is C7H3BrF5N. The summed E-state index contributed by atoms with van der Waals surface area (Å²) in [6.07, 6.45) is -6.96. The average molecular weight is 276 g/mol. The maximum absolute atomic E-state index is 12.1. The van der Waals surface area contributed by atoms with Gasteiger partial charge in [0.05, 0.1) is 5.56 Å². The second-order valence-electron chi connectivity index (χ2n) is 2.39. The van der Waals surface area contributed by atoms with E-state index in [-0.39, 0.29) is 4.47 Å². The lowest BCUT2D eigenvalue weighted by molar-refractivity contribution is -0.141. The van der Waals surface area contributed by atoms with E-state index in [9.17, 15) is 22.0 Å². The van der Waals surface area contributed by atoms with Gasteiger partial charge in [-0.2, -0.15) is 13.2 Å². The molecule has 0 atom stereocenters. The van der Waals surface area contributed by atoms with Crippen molar-refractivity contribution in [3.05, 3.63) is 28.0 Å². The van der Waals surface area contributed by atoms with Crippen molar-refractivity contribution < 1.29 is 22.0 Å². The molecule has 0 aliphatic carbocycles. The van der Waals surface area contributed by atoms with Gasteiger partial charge < -0.3 is 0 Å². The molecule has 7 heteroatoms. The number of halogens is 6. The standard InChI is InChI=1S/C7H3BrF5N/c8-4-1-5(7(11,12)13)14-2-3(4)6(9)10/h1-2,6H. The fourth-order valence-corrected chi connectivity index (χ4v) is 1.25. The van der Waals surface area contributed by atoms with Crippen LogP contribution in [0.4, 0.5) is 22.0 Å². The van der Waals surface area contributed by atoms with E-state index in [1.54, 1.807) is 0 Å². The van der Waals surface area contributed by atoms with E-state index in [1.807, 2.05) is 0 Å². The number of hydrogen-bond acceptors (Lipinski definition) is 1. The molecule has 1 rings (SSSR count). The fraction of sp³-hybridized carbons (Fsp3) is 0.286. The molecule has 0 amide bonds. The summed E-state index contributed by atoms with van der Waals surface area (Å²) < 4.78 is 60.0. The van der Waals surface area contributed by atoms with E-state index >= 15 is 0 Å². The zero-order valence-electron chi connectivity index (χ0n) is 6.45. The predicted molar refractivity (Wildman–Crippen MR) is 41.9 cm³/mol. The molecule has 0 bridgehead atoms. The summed E-state index contributed by atoms with van der Waals surface area (Å²) in [7, 11) is 0. The average Bonchev–Trinajstić information content (AvgIpc) is 2.01. The first kappa shape index (κ1) is 11.4. The van der Waals surface area contributed by atoms with Crippen LogP contribution in [0.5, 0.6) is 0 Å². The smallest absolute Gasteiger partial charge is 0.251 e. The Morgan fingerprint density at radius 2 is 1.86 bits per heavy atom. The molecule has 78 valence electrons. The van der Waals surface area contributed by atoms with E-state index in [1.165, 1.54) is 0 Å². The zero-order chi connectivity index (χ0) is 10.9. The molecule has 0 aliphatic rings. The lowest BCUT2D eigenvalue weighted by atomic mass is 10.2. The summed E-state index contributed by atoms with van der Waals surface area (Å²) in [5.74, 6) is 0. The SMILES string of the molecule is FC(F)c1cnc(C(F)(F)F)cc1Br. The Balaban J connectivity index is 3.13. The van der Waals surface area contributed by atoms with Crippen LogP contribution in [-0.4, -0.2) is 4.98 Å². The van der Waals surface area contributed by atoms with Crippen LogP contribution >= 0.6 is 15.9 Å². The van der Waals surface area contributed by atoms with Gasteiger partial charge in [0.25, 0.3) is 6.43 Å². The monoisotopic (exact) mass is 275 g/mol. The molecule has 0 fully saturated rings. The highest BCUT2D eigenvalue weighted by Gasteiger charge is 2.33. The molecule has 1 aromatic heterocycles. The molecule has 0 saturated heterocycles. The molecule has 1 aromatic rings. The van der Waals surface area contributed by atoms with E-state index in [2.05, 4.69) is 20.9 Å². The Labute approximate surface area is 84.1 Å². The number of alkyl halides is 5. The quantitative estimate of drug-likeness (QED) is 0.711. The van der Waals surface area contributed by atoms with Crippen molar-refractivity contribution in [2.24, 2.45) is 0 Å². The molecule has 1 nitrogen and oxygen atoms in total. The van der Waals surface area contributed by atoms with Crippen LogP contribution in [-0.2, 0) is 6.18 Å². The van der Waals surface area contributed by atoms with Crippen molar-refractivity contribution in [1.82, 2.24) is 4.98 Å². The van der Waals surface area contributed by atoms with Gasteiger partial charge in [0, 0.05) is 10.7 Å². The number of pyridine rings is 1. The van der Waals surface area contributed by atoms with Gasteiger partial charge in [0.15, 0.2) is 0 Å². The van der Waals surface area contributed by atoms with Crippen molar-refractivity contribution in [1.29, 1.82) is 0 Å². The topological polar surface area (TPSA) is 12.9 Å². The van der Waals surface area contributed by atoms with Gasteiger partial charge in [-0.25, -0.2) is 8.78 Å². The van der Waals surface area contributed by atoms with E-state index < -0.39 is 23.9 Å². The molecule has 14 heavy (non-hydrogen) atoms. The first-order valence-corrected chi connectivity index (χ1v) is 4.12. The Hall–Kier alpha value is -0.720. The summed E-state index contributed by atoms with van der Waals surface area (Å²) in [4.78, 5) is 2.90. The van der Waals surface area contributed by atoms with Crippen molar-refractivity contribution in [2.45, 2.75) is 12.6 Å². The summed E-state index contributed by atoms with van der Waals surface area (Å²) >= 11 is 2.62. The second-order valence-corrected chi connectivity index (χ2v) is 3.24. The highest BCUT2D eigenvalue weighted by atomic mass is 79.9. The molecule has 0 aliphatic heterocycles. The summed E-state index contributed by atoms with van der Waals surface area (Å²) in [5, 5.41) is 0. The summed E-state index contributed by atoms with van der Waals surface area (Å²) in [6, 6.07) is 0.529. The Bertz CT molecular complexity index is 335. The maximum Gasteiger partial charge on any atom is 0.433 e. The van der Waals surface area contributed by atoms with Crippen molar-refractivity contribution in [3.63, 3.8) is 0 Å². The van der Waals surface area contributed by atoms with Crippen LogP contribution in [0.1, 0.15) is 17.7 Å². The molecular weight excluding hydrogens is 273 g/mol. The van der Waals surface area contributed by atoms with Crippen LogP contribution in [0.25, 0.3) is 0 Å². The Morgan fingerprint density at radius 1 is 1.29 bits per heavy atom. The molecule has 0 spiro atoms. The second kappa shape index (κ2) is 3.80. The van der Waals surface area contributed by atoms with Crippen molar-refractivity contribution in [2.75, 3.05) is 0 Å². The molecule has 0 unspecified atom stereocenters. The van der Waals surface area contributed by atoms with Crippen LogP contribution < -0.4 is 0 Å². The van der Waals surface area contributed by atoms with E-state index in [4.69, 9.17) is 0 Å². The van der Waals surface area contributed by atoms with Crippen LogP contribution in [0, 0.1) is 0 Å². The van der Waals surface area contributed by atoms with Gasteiger partial charge >= 0.3 is 6.18 Å². The zero-order valence-corrected chi connectivity index (χ0v) is 8.03. The molecule has 0 saturated carbocycles. The number of nitrogens with zero attached hydrogens (tertiary/aromatic N) is 1. The summed E-state index contributed by atoms with van der Waals surface area (Å²) in [6.45, 7) is 0. The number of aromatic nitrogens is 1. The normalized spacial score (nSPS) is 12.2. The van der Waals surface area contributed by atoms with Gasteiger partial charge in [-0.15, -0.1) is 0 Å². The minimum absolute atomic E-state index is 0.296. The van der Waals surface area contributed by atoms with E-state index in [0.717, 1.165) is 0 Å². The van der Waals surface area contributed by atoms with Crippen LogP contribution in [0.2, 0.25) is 0 Å². The molecule has 1 heterocycles. The maximum atomic E-state index is 12.1. The fourth-order valence-electron chi connectivity index (χ4n) is 0.757. The van der Waals surface area contributed by atoms with Gasteiger partial charge in [0.1, 0.15) is 5.69 Å². The van der Waals surface area contributed by atoms with Gasteiger partial charge in [-0.3, -0.25) is 4.98 Å². The first-order chi connectivity index (χ1) is 6.32. The molecule has 0 aromatic carbocycles. The van der Waals surface area contributed by atoms with Crippen molar-refractivity contribution >= 4 is 15.9 Å². The number of rotatable bonds is 1. The summed E-state index contributed by atoms with van der Waals surface area (Å²) in [5.41, 5.74) is -1.76. The van der Waals surface area contributed by atoms with Gasteiger partial charge in [-0.05, 0) is 6.07 Å². The van der Waals surface area contributed by atoms with Crippen LogP contribution in [0.15, 0.2) is 16.7 Å². The largest absolute Gasteiger partial charge is 0.433 e. The van der Waals surface area contributed by atoms with Crippen LogP contribution in [0.3, 0.4) is 0 Å². The highest BCUT2D eigenvalue weighted by molar-refractivity contribution is 9.10. The lowest BCUT2D eigenvalue weighted by Crippen LogP contribution is -2.08. The first-order valence-electron chi connectivity index (χ1n) is 3.33. The molecule has 0 N–H and O–H groups in total. The van der Waals surface area contributed by atoms with Gasteiger partial charge in [-0.1, -0.05) is 15.9 Å². The van der Waals surface area contributed by atoms with Gasteiger partial charge in [0.2, 0.25) is 0 Å². The number of hydrogen-bond donors (Lipinski definition) is 0. The predicted octanol–water partition coefficient (Wildman–Crippen LogP) is 3.80. The molecule has 0 radical (unpaired) electrons. The highest BCUT2D eigenvalue weighted by Crippen LogP contribution is 2.33. The van der Waals surface area contributed by atoms with Crippen molar-refractivity contribution in [3.8, 4) is 0 Å². The minimum Gasteiger partial charge on any atom is -0.251 e. The third-order valence-corrected chi connectivity index (χ3v) is 2.09. The Morgan fingerprint density at radius 3 is 2.21 bits per heavy atom. The lowest BCUT2D eigenvalue weighted by Gasteiger charge is -2.08. The van der Waals surface area contributed by atoms with E-state index in [0.29, 0.717) is 12.3 Å². The minimum atomic E-state index is -4.62. The Kier molecular flexibility index (Phi) is 3.08. The third-order valence-electron chi connectivity index (χ3n) is 1.41.